The van der Waals surface area contributed by atoms with Gasteiger partial charge < -0.3 is 20.3 Å². The highest BCUT2D eigenvalue weighted by molar-refractivity contribution is 6.30. The maximum atomic E-state index is 12.6. The van der Waals surface area contributed by atoms with E-state index < -0.39 is 0 Å². The summed E-state index contributed by atoms with van der Waals surface area (Å²) in [6.07, 6.45) is 1.42. The van der Waals surface area contributed by atoms with Crippen LogP contribution in [-0.4, -0.2) is 57.8 Å². The van der Waals surface area contributed by atoms with Crippen molar-refractivity contribution in [2.45, 2.75) is 6.54 Å². The molecule has 1 fully saturated rings. The quantitative estimate of drug-likeness (QED) is 0.671. The lowest BCUT2D eigenvalue weighted by Gasteiger charge is -2.34. The molecule has 30 heavy (non-hydrogen) atoms. The molecule has 0 saturated carbocycles. The van der Waals surface area contributed by atoms with Crippen LogP contribution in [0.3, 0.4) is 0 Å². The normalized spacial score (nSPS) is 14.2. The first kappa shape index (κ1) is 19.9. The average Bonchev–Trinajstić information content (AvgIpc) is 2.74. The third-order valence-electron chi connectivity index (χ3n) is 4.95. The molecule has 3 aromatic rings. The van der Waals surface area contributed by atoms with Gasteiger partial charge in [0.2, 0.25) is 5.91 Å². The van der Waals surface area contributed by atoms with Crippen molar-refractivity contribution < 1.29 is 14.3 Å². The summed E-state index contributed by atoms with van der Waals surface area (Å²) in [7, 11) is 0. The van der Waals surface area contributed by atoms with Crippen molar-refractivity contribution in [3.8, 4) is 5.75 Å². The molecule has 2 N–H and O–H groups in total. The summed E-state index contributed by atoms with van der Waals surface area (Å²) in [6.45, 7) is 1.26. The Bertz CT molecular complexity index is 1090. The lowest BCUT2D eigenvalue weighted by Crippen LogP contribution is -2.52. The number of hydrogen-bond acceptors (Lipinski definition) is 6. The fourth-order valence-electron chi connectivity index (χ4n) is 3.30. The van der Waals surface area contributed by atoms with Gasteiger partial charge >= 0.3 is 0 Å². The number of ether oxygens (including phenoxy) is 1. The SMILES string of the molecule is Nc1ncnc2cc(CN3CCN(C(=O)COc4ccc(Cl)cc4)CC3=O)ccc12. The Morgan fingerprint density at radius 2 is 1.93 bits per heavy atom. The smallest absolute Gasteiger partial charge is 0.261 e. The van der Waals surface area contributed by atoms with Crippen LogP contribution in [0.2, 0.25) is 5.02 Å². The minimum absolute atomic E-state index is 0.0332. The second kappa shape index (κ2) is 8.54. The van der Waals surface area contributed by atoms with Gasteiger partial charge in [-0.15, -0.1) is 0 Å². The Hall–Kier alpha value is -3.39. The van der Waals surface area contributed by atoms with E-state index in [1.165, 1.54) is 11.2 Å². The number of halogens is 1. The van der Waals surface area contributed by atoms with Gasteiger partial charge in [-0.25, -0.2) is 9.97 Å². The molecular formula is C21H20ClN5O3. The van der Waals surface area contributed by atoms with Crippen LogP contribution in [0.1, 0.15) is 5.56 Å². The maximum Gasteiger partial charge on any atom is 0.261 e. The molecule has 1 saturated heterocycles. The number of nitrogen functional groups attached to an aromatic ring is 1. The van der Waals surface area contributed by atoms with Crippen molar-refractivity contribution in [1.29, 1.82) is 0 Å². The zero-order chi connectivity index (χ0) is 21.1. The van der Waals surface area contributed by atoms with Gasteiger partial charge in [0, 0.05) is 30.0 Å². The molecule has 1 aliphatic rings. The number of amides is 2. The van der Waals surface area contributed by atoms with Gasteiger partial charge in [0.1, 0.15) is 17.9 Å². The highest BCUT2D eigenvalue weighted by Gasteiger charge is 2.27. The van der Waals surface area contributed by atoms with Gasteiger partial charge in [0.25, 0.3) is 5.91 Å². The minimum Gasteiger partial charge on any atom is -0.484 e. The highest BCUT2D eigenvalue weighted by atomic mass is 35.5. The van der Waals surface area contributed by atoms with Gasteiger partial charge in [-0.2, -0.15) is 0 Å². The summed E-state index contributed by atoms with van der Waals surface area (Å²) < 4.78 is 5.49. The first-order valence-corrected chi connectivity index (χ1v) is 9.80. The van der Waals surface area contributed by atoms with Crippen LogP contribution in [0, 0.1) is 0 Å². The molecule has 4 rings (SSSR count). The van der Waals surface area contributed by atoms with Gasteiger partial charge in [0.15, 0.2) is 6.61 Å². The van der Waals surface area contributed by atoms with Gasteiger partial charge in [-0.1, -0.05) is 17.7 Å². The summed E-state index contributed by atoms with van der Waals surface area (Å²) >= 11 is 5.83. The Labute approximate surface area is 178 Å². The Morgan fingerprint density at radius 3 is 2.70 bits per heavy atom. The van der Waals surface area contributed by atoms with Crippen molar-refractivity contribution in [2.75, 3.05) is 32.0 Å². The monoisotopic (exact) mass is 425 g/mol. The van der Waals surface area contributed by atoms with Crippen molar-refractivity contribution in [3.05, 3.63) is 59.4 Å². The number of fused-ring (bicyclic) bond motifs is 1. The molecule has 0 unspecified atom stereocenters. The van der Waals surface area contributed by atoms with E-state index in [-0.39, 0.29) is 25.0 Å². The molecule has 0 radical (unpaired) electrons. The van der Waals surface area contributed by atoms with Crippen molar-refractivity contribution in [2.24, 2.45) is 0 Å². The van der Waals surface area contributed by atoms with Crippen LogP contribution in [-0.2, 0) is 16.1 Å². The predicted molar refractivity (Wildman–Crippen MR) is 113 cm³/mol. The van der Waals surface area contributed by atoms with Gasteiger partial charge in [0.05, 0.1) is 12.1 Å². The lowest BCUT2D eigenvalue weighted by atomic mass is 10.1. The van der Waals surface area contributed by atoms with E-state index in [0.717, 1.165) is 16.5 Å². The molecule has 0 bridgehead atoms. The molecular weight excluding hydrogens is 406 g/mol. The van der Waals surface area contributed by atoms with Gasteiger partial charge in [-0.3, -0.25) is 9.59 Å². The van der Waals surface area contributed by atoms with E-state index >= 15 is 0 Å². The van der Waals surface area contributed by atoms with E-state index in [1.807, 2.05) is 18.2 Å². The van der Waals surface area contributed by atoms with Crippen LogP contribution < -0.4 is 10.5 Å². The third kappa shape index (κ3) is 4.44. The third-order valence-corrected chi connectivity index (χ3v) is 5.20. The van der Waals surface area contributed by atoms with E-state index in [1.54, 1.807) is 29.2 Å². The molecule has 9 heteroatoms. The van der Waals surface area contributed by atoms with E-state index in [0.29, 0.717) is 36.2 Å². The Kier molecular flexibility index (Phi) is 5.67. The number of nitrogens with two attached hydrogens (primary N) is 1. The zero-order valence-electron chi connectivity index (χ0n) is 16.1. The molecule has 0 aliphatic carbocycles. The van der Waals surface area contributed by atoms with Gasteiger partial charge in [-0.05, 0) is 42.0 Å². The van der Waals surface area contributed by atoms with Crippen LogP contribution in [0.15, 0.2) is 48.8 Å². The summed E-state index contributed by atoms with van der Waals surface area (Å²) in [6, 6.07) is 12.4. The molecule has 154 valence electrons. The first-order valence-electron chi connectivity index (χ1n) is 9.42. The predicted octanol–water partition coefficient (Wildman–Crippen LogP) is 2.12. The summed E-state index contributed by atoms with van der Waals surface area (Å²) in [5, 5.41) is 1.38. The number of aromatic nitrogens is 2. The fraction of sp³-hybridized carbons (Fsp3) is 0.238. The topological polar surface area (TPSA) is 102 Å². The molecule has 0 atom stereocenters. The van der Waals surface area contributed by atoms with Crippen molar-refractivity contribution in [1.82, 2.24) is 19.8 Å². The number of rotatable bonds is 5. The Morgan fingerprint density at radius 1 is 1.13 bits per heavy atom. The molecule has 0 spiro atoms. The molecule has 1 aliphatic heterocycles. The number of benzene rings is 2. The lowest BCUT2D eigenvalue weighted by molar-refractivity contribution is -0.146. The van der Waals surface area contributed by atoms with Crippen molar-refractivity contribution >= 4 is 40.1 Å². The zero-order valence-corrected chi connectivity index (χ0v) is 16.9. The number of anilines is 1. The molecule has 2 heterocycles. The second-order valence-electron chi connectivity index (χ2n) is 6.98. The largest absolute Gasteiger partial charge is 0.484 e. The Balaban J connectivity index is 1.33. The number of carbonyl (C=O) groups excluding carboxylic acids is 2. The standard InChI is InChI=1S/C21H20ClN5O3/c22-15-2-4-16(5-3-15)30-12-20(29)27-8-7-26(19(28)11-27)10-14-1-6-17-18(9-14)24-13-25-21(17)23/h1-6,9,13H,7-8,10-12H2,(H2,23,24,25). The molecule has 2 amide bonds. The molecule has 2 aromatic carbocycles. The first-order chi connectivity index (χ1) is 14.5. The molecule has 1 aromatic heterocycles. The highest BCUT2D eigenvalue weighted by Crippen LogP contribution is 2.20. The van der Waals surface area contributed by atoms with Crippen LogP contribution >= 0.6 is 11.6 Å². The van der Waals surface area contributed by atoms with Crippen LogP contribution in [0.25, 0.3) is 10.9 Å². The van der Waals surface area contributed by atoms with Crippen LogP contribution in [0.5, 0.6) is 5.75 Å². The average molecular weight is 426 g/mol. The molecule has 8 nitrogen and oxygen atoms in total. The summed E-state index contributed by atoms with van der Waals surface area (Å²) in [4.78, 5) is 36.4. The second-order valence-corrected chi connectivity index (χ2v) is 7.42. The fourth-order valence-corrected chi connectivity index (χ4v) is 3.42. The summed E-state index contributed by atoms with van der Waals surface area (Å²) in [5.41, 5.74) is 7.54. The number of carbonyl (C=O) groups is 2. The van der Waals surface area contributed by atoms with E-state index in [9.17, 15) is 9.59 Å². The van der Waals surface area contributed by atoms with E-state index in [2.05, 4.69) is 9.97 Å². The van der Waals surface area contributed by atoms with Crippen LogP contribution in [0.4, 0.5) is 5.82 Å². The van der Waals surface area contributed by atoms with E-state index in [4.69, 9.17) is 22.1 Å². The number of hydrogen-bond donors (Lipinski definition) is 1. The van der Waals surface area contributed by atoms with Crippen molar-refractivity contribution in [3.63, 3.8) is 0 Å². The maximum absolute atomic E-state index is 12.6. The minimum atomic E-state index is -0.226. The summed E-state index contributed by atoms with van der Waals surface area (Å²) in [5.74, 6) is 0.647. The number of nitrogens with zero attached hydrogens (tertiary/aromatic N) is 4. The number of piperazine rings is 1.